The maximum atomic E-state index is 12.1. The lowest BCUT2D eigenvalue weighted by atomic mass is 10.1. The fraction of sp³-hybridized carbons (Fsp3) is 0.368. The third-order valence-corrected chi connectivity index (χ3v) is 4.68. The van der Waals surface area contributed by atoms with Crippen LogP contribution in [-0.4, -0.2) is 28.4 Å². The fourth-order valence-corrected chi connectivity index (χ4v) is 3.40. The molecule has 3 rings (SSSR count). The standard InChI is InChI=1S/C19H23N3O2S/c1-4-24-16-7-5-14(6-8-16)17-11-22-15(12-25-19(22)21-17)9-18(23)20-10-13(2)3/h5-8,11-13H,4,9-10H2,1-3H3,(H,20,23). The van der Waals surface area contributed by atoms with Crippen molar-refractivity contribution in [1.82, 2.24) is 14.7 Å². The molecule has 1 aromatic carbocycles. The van der Waals surface area contributed by atoms with E-state index in [9.17, 15) is 4.79 Å². The number of rotatable bonds is 7. The van der Waals surface area contributed by atoms with E-state index in [1.165, 1.54) is 0 Å². The topological polar surface area (TPSA) is 55.6 Å². The number of carbonyl (C=O) groups excluding carboxylic acids is 1. The molecule has 0 atom stereocenters. The van der Waals surface area contributed by atoms with E-state index in [2.05, 4.69) is 24.1 Å². The molecule has 0 fully saturated rings. The maximum absolute atomic E-state index is 12.1. The van der Waals surface area contributed by atoms with Gasteiger partial charge in [-0.25, -0.2) is 4.98 Å². The summed E-state index contributed by atoms with van der Waals surface area (Å²) in [6.45, 7) is 7.50. The molecule has 0 aliphatic carbocycles. The van der Waals surface area contributed by atoms with Crippen LogP contribution in [-0.2, 0) is 11.2 Å². The molecular weight excluding hydrogens is 334 g/mol. The molecule has 2 heterocycles. The highest BCUT2D eigenvalue weighted by Crippen LogP contribution is 2.25. The van der Waals surface area contributed by atoms with Crippen molar-refractivity contribution in [2.75, 3.05) is 13.2 Å². The van der Waals surface area contributed by atoms with Gasteiger partial charge in [0.15, 0.2) is 4.96 Å². The van der Waals surface area contributed by atoms with Crippen LogP contribution in [0.25, 0.3) is 16.2 Å². The van der Waals surface area contributed by atoms with Crippen LogP contribution in [0.4, 0.5) is 0 Å². The molecule has 0 saturated heterocycles. The van der Waals surface area contributed by atoms with Crippen molar-refractivity contribution in [3.8, 4) is 17.0 Å². The molecule has 1 amide bonds. The van der Waals surface area contributed by atoms with Crippen LogP contribution < -0.4 is 10.1 Å². The zero-order valence-electron chi connectivity index (χ0n) is 14.8. The number of thiazole rings is 1. The summed E-state index contributed by atoms with van der Waals surface area (Å²) < 4.78 is 7.48. The Morgan fingerprint density at radius 3 is 2.76 bits per heavy atom. The predicted molar refractivity (Wildman–Crippen MR) is 101 cm³/mol. The lowest BCUT2D eigenvalue weighted by Gasteiger charge is -2.07. The normalized spacial score (nSPS) is 11.2. The Kier molecular flexibility index (Phi) is 5.38. The number of aromatic nitrogens is 2. The second kappa shape index (κ2) is 7.70. The third-order valence-electron chi connectivity index (χ3n) is 3.79. The molecule has 0 aliphatic rings. The Bertz CT molecular complexity index is 849. The highest BCUT2D eigenvalue weighted by Gasteiger charge is 2.12. The summed E-state index contributed by atoms with van der Waals surface area (Å²) in [6, 6.07) is 7.91. The number of hydrogen-bond acceptors (Lipinski definition) is 4. The number of imidazole rings is 1. The number of hydrogen-bond donors (Lipinski definition) is 1. The Labute approximate surface area is 151 Å². The van der Waals surface area contributed by atoms with Gasteiger partial charge in [-0.1, -0.05) is 13.8 Å². The van der Waals surface area contributed by atoms with Gasteiger partial charge in [0.2, 0.25) is 5.91 Å². The third kappa shape index (κ3) is 4.20. The van der Waals surface area contributed by atoms with Crippen LogP contribution >= 0.6 is 11.3 Å². The van der Waals surface area contributed by atoms with Gasteiger partial charge in [-0.3, -0.25) is 9.20 Å². The first kappa shape index (κ1) is 17.5. The minimum absolute atomic E-state index is 0.0460. The lowest BCUT2D eigenvalue weighted by molar-refractivity contribution is -0.120. The molecule has 5 nitrogen and oxygen atoms in total. The zero-order valence-corrected chi connectivity index (χ0v) is 15.6. The monoisotopic (exact) mass is 357 g/mol. The van der Waals surface area contributed by atoms with Crippen LogP contribution in [0.15, 0.2) is 35.8 Å². The van der Waals surface area contributed by atoms with Crippen molar-refractivity contribution in [1.29, 1.82) is 0 Å². The van der Waals surface area contributed by atoms with Gasteiger partial charge in [0.05, 0.1) is 18.7 Å². The quantitative estimate of drug-likeness (QED) is 0.700. The molecule has 3 aromatic rings. The molecule has 0 spiro atoms. The molecule has 132 valence electrons. The van der Waals surface area contributed by atoms with Gasteiger partial charge < -0.3 is 10.1 Å². The van der Waals surface area contributed by atoms with Crippen LogP contribution in [0.1, 0.15) is 26.5 Å². The van der Waals surface area contributed by atoms with Gasteiger partial charge >= 0.3 is 0 Å². The molecule has 0 unspecified atom stereocenters. The molecule has 0 saturated carbocycles. The van der Waals surface area contributed by atoms with Crippen LogP contribution in [0.2, 0.25) is 0 Å². The fourth-order valence-electron chi connectivity index (χ4n) is 2.53. The van der Waals surface area contributed by atoms with Crippen molar-refractivity contribution >= 4 is 22.2 Å². The molecule has 1 N–H and O–H groups in total. The maximum Gasteiger partial charge on any atom is 0.225 e. The van der Waals surface area contributed by atoms with Crippen molar-refractivity contribution in [2.24, 2.45) is 5.92 Å². The number of nitrogens with zero attached hydrogens (tertiary/aromatic N) is 2. The number of carbonyl (C=O) groups is 1. The van der Waals surface area contributed by atoms with Crippen molar-refractivity contribution in [3.63, 3.8) is 0 Å². The molecule has 6 heteroatoms. The molecule has 0 bridgehead atoms. The van der Waals surface area contributed by atoms with E-state index in [1.807, 2.05) is 47.2 Å². The highest BCUT2D eigenvalue weighted by molar-refractivity contribution is 7.15. The van der Waals surface area contributed by atoms with E-state index in [0.717, 1.165) is 27.7 Å². The van der Waals surface area contributed by atoms with E-state index in [0.29, 0.717) is 25.5 Å². The van der Waals surface area contributed by atoms with E-state index in [-0.39, 0.29) is 5.91 Å². The molecule has 25 heavy (non-hydrogen) atoms. The van der Waals surface area contributed by atoms with Gasteiger partial charge in [0, 0.05) is 29.4 Å². The van der Waals surface area contributed by atoms with Gasteiger partial charge in [-0.2, -0.15) is 0 Å². The Hall–Kier alpha value is -2.34. The summed E-state index contributed by atoms with van der Waals surface area (Å²) in [5, 5.41) is 4.96. The summed E-state index contributed by atoms with van der Waals surface area (Å²) in [6.07, 6.45) is 2.36. The highest BCUT2D eigenvalue weighted by atomic mass is 32.1. The summed E-state index contributed by atoms with van der Waals surface area (Å²) in [7, 11) is 0. The number of amides is 1. The predicted octanol–water partition coefficient (Wildman–Crippen LogP) is 3.78. The number of benzene rings is 1. The Balaban J connectivity index is 1.77. The van der Waals surface area contributed by atoms with Crippen molar-refractivity contribution < 1.29 is 9.53 Å². The van der Waals surface area contributed by atoms with Crippen molar-refractivity contribution in [3.05, 3.63) is 41.5 Å². The SMILES string of the molecule is CCOc1ccc(-c2cn3c(CC(=O)NCC(C)C)csc3n2)cc1. The van der Waals surface area contributed by atoms with Gasteiger partial charge in [-0.15, -0.1) is 11.3 Å². The first-order valence-electron chi connectivity index (χ1n) is 8.52. The summed E-state index contributed by atoms with van der Waals surface area (Å²) >= 11 is 1.55. The number of nitrogens with one attached hydrogen (secondary N) is 1. The number of ether oxygens (including phenoxy) is 1. The second-order valence-corrected chi connectivity index (χ2v) is 7.17. The molecule has 0 radical (unpaired) electrons. The van der Waals surface area contributed by atoms with Gasteiger partial charge in [-0.05, 0) is 37.1 Å². The van der Waals surface area contributed by atoms with E-state index in [4.69, 9.17) is 4.74 Å². The van der Waals surface area contributed by atoms with Gasteiger partial charge in [0.1, 0.15) is 5.75 Å². The van der Waals surface area contributed by atoms with Crippen LogP contribution in [0.3, 0.4) is 0 Å². The first-order chi connectivity index (χ1) is 12.1. The van der Waals surface area contributed by atoms with E-state index in [1.54, 1.807) is 11.3 Å². The minimum atomic E-state index is 0.0460. The Morgan fingerprint density at radius 2 is 2.08 bits per heavy atom. The minimum Gasteiger partial charge on any atom is -0.494 e. The van der Waals surface area contributed by atoms with Crippen LogP contribution in [0, 0.1) is 5.92 Å². The smallest absolute Gasteiger partial charge is 0.225 e. The average Bonchev–Trinajstić information content (AvgIpc) is 3.16. The first-order valence-corrected chi connectivity index (χ1v) is 9.40. The van der Waals surface area contributed by atoms with Crippen molar-refractivity contribution in [2.45, 2.75) is 27.2 Å². The molecular formula is C19H23N3O2S. The number of fused-ring (bicyclic) bond motifs is 1. The van der Waals surface area contributed by atoms with Crippen LogP contribution in [0.5, 0.6) is 5.75 Å². The van der Waals surface area contributed by atoms with Gasteiger partial charge in [0.25, 0.3) is 0 Å². The summed E-state index contributed by atoms with van der Waals surface area (Å²) in [5.74, 6) is 1.35. The summed E-state index contributed by atoms with van der Waals surface area (Å²) in [4.78, 5) is 17.6. The summed E-state index contributed by atoms with van der Waals surface area (Å²) in [5.41, 5.74) is 2.90. The largest absolute Gasteiger partial charge is 0.494 e. The second-order valence-electron chi connectivity index (χ2n) is 6.34. The van der Waals surface area contributed by atoms with E-state index >= 15 is 0 Å². The molecule has 0 aliphatic heterocycles. The van der Waals surface area contributed by atoms with E-state index < -0.39 is 0 Å². The molecule has 2 aromatic heterocycles. The lowest BCUT2D eigenvalue weighted by Crippen LogP contribution is -2.28. The Morgan fingerprint density at radius 1 is 1.32 bits per heavy atom. The zero-order chi connectivity index (χ0) is 17.8. The average molecular weight is 357 g/mol.